The second-order valence-electron chi connectivity index (χ2n) is 5.46. The molecule has 1 N–H and O–H groups in total. The van der Waals surface area contributed by atoms with E-state index >= 15 is 0 Å². The van der Waals surface area contributed by atoms with Crippen LogP contribution in [0, 0.1) is 0 Å². The Balaban J connectivity index is 0.00000625. The topological polar surface area (TPSA) is 46.1 Å². The molecule has 0 aliphatic carbocycles. The van der Waals surface area contributed by atoms with Gasteiger partial charge in [0.05, 0.1) is 7.11 Å². The Morgan fingerprint density at radius 2 is 1.88 bits per heavy atom. The highest BCUT2D eigenvalue weighted by molar-refractivity contribution is 14.0. The first-order chi connectivity index (χ1) is 11.9. The molecule has 9 heteroatoms. The second kappa shape index (κ2) is 13.0. The molecule has 150 valence electrons. The lowest BCUT2D eigenvalue weighted by Crippen LogP contribution is -2.38. The van der Waals surface area contributed by atoms with Gasteiger partial charge in [0, 0.05) is 33.3 Å². The number of benzene rings is 1. The lowest BCUT2D eigenvalue weighted by molar-refractivity contribution is -0.173. The summed E-state index contributed by atoms with van der Waals surface area (Å²) >= 11 is 0. The van der Waals surface area contributed by atoms with Gasteiger partial charge < -0.3 is 19.7 Å². The highest BCUT2D eigenvalue weighted by Gasteiger charge is 2.27. The Bertz CT molecular complexity index is 525. The smallest absolute Gasteiger partial charge is 0.411 e. The molecule has 1 aromatic rings. The van der Waals surface area contributed by atoms with Gasteiger partial charge in [-0.3, -0.25) is 4.99 Å². The third-order valence-corrected chi connectivity index (χ3v) is 3.25. The van der Waals surface area contributed by atoms with E-state index < -0.39 is 12.8 Å². The van der Waals surface area contributed by atoms with Crippen LogP contribution in [0.1, 0.15) is 18.9 Å². The summed E-state index contributed by atoms with van der Waals surface area (Å²) in [4.78, 5) is 6.38. The Morgan fingerprint density at radius 3 is 2.42 bits per heavy atom. The summed E-state index contributed by atoms with van der Waals surface area (Å²) in [7, 11) is 3.53. The van der Waals surface area contributed by atoms with Crippen molar-refractivity contribution >= 4 is 29.9 Å². The van der Waals surface area contributed by atoms with Crippen LogP contribution < -0.4 is 10.1 Å². The highest BCUT2D eigenvalue weighted by Crippen LogP contribution is 2.14. The standard InChI is InChI=1S/C17H26F3N3O2.HI/c1-4-21-16(22-10-5-11-25-13-17(18,19)20)23(2)12-14-6-8-15(24-3)9-7-14;/h6-9H,4-5,10-13H2,1-3H3,(H,21,22);1H. The van der Waals surface area contributed by atoms with Crippen molar-refractivity contribution in [3.8, 4) is 5.75 Å². The minimum Gasteiger partial charge on any atom is -0.497 e. The fourth-order valence-electron chi connectivity index (χ4n) is 2.09. The molecule has 0 saturated heterocycles. The molecule has 0 aliphatic rings. The summed E-state index contributed by atoms with van der Waals surface area (Å²) < 4.78 is 45.6. The number of nitrogens with one attached hydrogen (secondary N) is 1. The van der Waals surface area contributed by atoms with Gasteiger partial charge in [-0.05, 0) is 31.0 Å². The first-order valence-corrected chi connectivity index (χ1v) is 8.12. The number of hydrogen-bond donors (Lipinski definition) is 1. The van der Waals surface area contributed by atoms with Crippen molar-refractivity contribution in [2.24, 2.45) is 4.99 Å². The first-order valence-electron chi connectivity index (χ1n) is 8.12. The quantitative estimate of drug-likeness (QED) is 0.249. The van der Waals surface area contributed by atoms with Gasteiger partial charge in [0.2, 0.25) is 0 Å². The normalized spacial score (nSPS) is 11.7. The number of nitrogens with zero attached hydrogens (tertiary/aromatic N) is 2. The van der Waals surface area contributed by atoms with Gasteiger partial charge in [-0.15, -0.1) is 24.0 Å². The van der Waals surface area contributed by atoms with Crippen LogP contribution in [-0.2, 0) is 11.3 Å². The van der Waals surface area contributed by atoms with E-state index in [1.807, 2.05) is 43.1 Å². The van der Waals surface area contributed by atoms with Gasteiger partial charge >= 0.3 is 6.18 Å². The average Bonchev–Trinajstić information content (AvgIpc) is 2.56. The summed E-state index contributed by atoms with van der Waals surface area (Å²) in [5.74, 6) is 1.50. The molecule has 0 unspecified atom stereocenters. The fourth-order valence-corrected chi connectivity index (χ4v) is 2.09. The molecule has 0 aliphatic heterocycles. The van der Waals surface area contributed by atoms with Crippen molar-refractivity contribution in [3.63, 3.8) is 0 Å². The highest BCUT2D eigenvalue weighted by atomic mass is 127. The maximum atomic E-state index is 12.0. The van der Waals surface area contributed by atoms with Crippen LogP contribution in [0.3, 0.4) is 0 Å². The van der Waals surface area contributed by atoms with E-state index in [1.165, 1.54) is 0 Å². The third-order valence-electron chi connectivity index (χ3n) is 3.25. The van der Waals surface area contributed by atoms with Crippen molar-refractivity contribution in [1.82, 2.24) is 10.2 Å². The third kappa shape index (κ3) is 10.7. The zero-order valence-electron chi connectivity index (χ0n) is 15.3. The van der Waals surface area contributed by atoms with E-state index in [2.05, 4.69) is 15.0 Å². The van der Waals surface area contributed by atoms with E-state index in [0.29, 0.717) is 32.0 Å². The number of alkyl halides is 3. The molecular formula is C17H27F3IN3O2. The molecule has 5 nitrogen and oxygen atoms in total. The van der Waals surface area contributed by atoms with Crippen LogP contribution in [0.5, 0.6) is 5.75 Å². The van der Waals surface area contributed by atoms with E-state index in [9.17, 15) is 13.2 Å². The number of halogens is 4. The lowest BCUT2D eigenvalue weighted by atomic mass is 10.2. The molecular weight excluding hydrogens is 462 g/mol. The van der Waals surface area contributed by atoms with Crippen molar-refractivity contribution in [2.45, 2.75) is 26.1 Å². The number of ether oxygens (including phenoxy) is 2. The summed E-state index contributed by atoms with van der Waals surface area (Å²) in [6.45, 7) is 2.53. The largest absolute Gasteiger partial charge is 0.497 e. The zero-order chi connectivity index (χ0) is 18.7. The summed E-state index contributed by atoms with van der Waals surface area (Å²) in [5, 5.41) is 3.17. The van der Waals surface area contributed by atoms with Gasteiger partial charge in [-0.2, -0.15) is 13.2 Å². The molecule has 0 aromatic heterocycles. The second-order valence-corrected chi connectivity index (χ2v) is 5.46. The monoisotopic (exact) mass is 489 g/mol. The van der Waals surface area contributed by atoms with Crippen LogP contribution in [0.2, 0.25) is 0 Å². The number of aliphatic imine (C=N–C) groups is 1. The van der Waals surface area contributed by atoms with Gasteiger partial charge in [-0.25, -0.2) is 0 Å². The first kappa shape index (κ1) is 24.8. The van der Waals surface area contributed by atoms with Gasteiger partial charge in [0.15, 0.2) is 5.96 Å². The molecule has 0 amide bonds. The maximum Gasteiger partial charge on any atom is 0.411 e. The van der Waals surface area contributed by atoms with Crippen LogP contribution in [-0.4, -0.2) is 57.5 Å². The Morgan fingerprint density at radius 1 is 1.23 bits per heavy atom. The zero-order valence-corrected chi connectivity index (χ0v) is 17.6. The molecule has 0 radical (unpaired) electrons. The minimum atomic E-state index is -4.28. The molecule has 26 heavy (non-hydrogen) atoms. The lowest BCUT2D eigenvalue weighted by Gasteiger charge is -2.22. The summed E-state index contributed by atoms with van der Waals surface area (Å²) in [6, 6.07) is 7.74. The Kier molecular flexibility index (Phi) is 12.4. The average molecular weight is 489 g/mol. The predicted octanol–water partition coefficient (Wildman–Crippen LogP) is 3.68. The van der Waals surface area contributed by atoms with Crippen LogP contribution >= 0.6 is 24.0 Å². The minimum absolute atomic E-state index is 0. The Hall–Kier alpha value is -1.23. The van der Waals surface area contributed by atoms with Crippen molar-refractivity contribution in [1.29, 1.82) is 0 Å². The molecule has 0 saturated carbocycles. The van der Waals surface area contributed by atoms with Crippen molar-refractivity contribution in [3.05, 3.63) is 29.8 Å². The maximum absolute atomic E-state index is 12.0. The number of hydrogen-bond acceptors (Lipinski definition) is 3. The molecule has 0 spiro atoms. The molecule has 0 atom stereocenters. The van der Waals surface area contributed by atoms with E-state index in [4.69, 9.17) is 4.74 Å². The molecule has 1 aromatic carbocycles. The van der Waals surface area contributed by atoms with Gasteiger partial charge in [0.25, 0.3) is 0 Å². The number of methoxy groups -OCH3 is 1. The molecule has 0 fully saturated rings. The molecule has 1 rings (SSSR count). The molecule has 0 heterocycles. The predicted molar refractivity (Wildman–Crippen MR) is 107 cm³/mol. The SMILES string of the molecule is CCNC(=NCCCOCC(F)(F)F)N(C)Cc1ccc(OC)cc1.I. The molecule has 0 bridgehead atoms. The van der Waals surface area contributed by atoms with Crippen LogP contribution in [0.15, 0.2) is 29.3 Å². The Labute approximate surface area is 170 Å². The van der Waals surface area contributed by atoms with E-state index in [-0.39, 0.29) is 30.6 Å². The van der Waals surface area contributed by atoms with Crippen molar-refractivity contribution < 1.29 is 22.6 Å². The van der Waals surface area contributed by atoms with E-state index in [1.54, 1.807) is 7.11 Å². The summed E-state index contributed by atoms with van der Waals surface area (Å²) in [5.41, 5.74) is 1.10. The number of guanidine groups is 1. The van der Waals surface area contributed by atoms with Gasteiger partial charge in [0.1, 0.15) is 12.4 Å². The van der Waals surface area contributed by atoms with Gasteiger partial charge in [-0.1, -0.05) is 12.1 Å². The fraction of sp³-hybridized carbons (Fsp3) is 0.588. The van der Waals surface area contributed by atoms with Crippen LogP contribution in [0.4, 0.5) is 13.2 Å². The van der Waals surface area contributed by atoms with Crippen molar-refractivity contribution in [2.75, 3.05) is 40.5 Å². The van der Waals surface area contributed by atoms with Crippen LogP contribution in [0.25, 0.3) is 0 Å². The number of rotatable bonds is 9. The van der Waals surface area contributed by atoms with E-state index in [0.717, 1.165) is 11.3 Å². The summed E-state index contributed by atoms with van der Waals surface area (Å²) in [6.07, 6.45) is -3.85.